The Kier molecular flexibility index (Phi) is 9.23. The lowest BCUT2D eigenvalue weighted by Crippen LogP contribution is -2.40. The Hall–Kier alpha value is -6.73. The first-order valence-electron chi connectivity index (χ1n) is 20.5. The minimum Gasteiger partial charge on any atom is -0.376 e. The predicted molar refractivity (Wildman–Crippen MR) is 228 cm³/mol. The van der Waals surface area contributed by atoms with Gasteiger partial charge in [-0.2, -0.15) is 23.7 Å². The molecule has 1 amide bonds. The smallest absolute Gasteiger partial charge is 0.338 e. The molecule has 5 aromatic heterocycles. The number of benzene rings is 3. The highest BCUT2D eigenvalue weighted by molar-refractivity contribution is 7.90. The number of aryl methyl sites for hydroxylation is 3. The third-order valence-corrected chi connectivity index (χ3v) is 14.1. The summed E-state index contributed by atoms with van der Waals surface area (Å²) in [5.41, 5.74) is 3.01. The predicted octanol–water partition coefficient (Wildman–Crippen LogP) is 6.34. The van der Waals surface area contributed by atoms with Crippen molar-refractivity contribution in [2.24, 2.45) is 7.05 Å². The van der Waals surface area contributed by atoms with Gasteiger partial charge in [-0.25, -0.2) is 32.3 Å². The van der Waals surface area contributed by atoms with Crippen molar-refractivity contribution in [3.05, 3.63) is 129 Å². The van der Waals surface area contributed by atoms with Gasteiger partial charge in [0.05, 0.1) is 51.3 Å². The highest BCUT2D eigenvalue weighted by Gasteiger charge is 2.39. The van der Waals surface area contributed by atoms with E-state index in [4.69, 9.17) is 9.84 Å². The van der Waals surface area contributed by atoms with E-state index in [2.05, 4.69) is 20.3 Å². The van der Waals surface area contributed by atoms with Crippen LogP contribution < -0.4 is 5.69 Å². The van der Waals surface area contributed by atoms with Gasteiger partial charge in [-0.3, -0.25) is 18.6 Å². The van der Waals surface area contributed by atoms with Gasteiger partial charge in [-0.15, -0.1) is 0 Å². The van der Waals surface area contributed by atoms with Crippen LogP contribution >= 0.6 is 0 Å². The van der Waals surface area contributed by atoms with Crippen molar-refractivity contribution in [3.8, 4) is 17.2 Å². The number of carbonyl (C=O) groups excluding carboxylic acids is 1. The molecular weight excluding hydrogens is 833 g/mol. The summed E-state index contributed by atoms with van der Waals surface area (Å²) >= 11 is 0. The summed E-state index contributed by atoms with van der Waals surface area (Å²) in [5, 5.41) is 15.7. The monoisotopic (exact) mass is 875 g/mol. The molecule has 2 atom stereocenters. The SMILES string of the molecule is Cc1cc(-n2nc3c(c2-n2ccn(-c4ccc5c(cnn5C)c4F)c2=O)[C@H](C)N(C(=O)c2cc4cc(C5CCOC(C)(C)C5)ccc4n2S(=O)(=O)c2ncn[nH]2)CC3)cc(C)c1F. The van der Waals surface area contributed by atoms with Crippen LogP contribution in [0.25, 0.3) is 39.0 Å². The molecule has 1 fully saturated rings. The van der Waals surface area contributed by atoms with E-state index in [0.29, 0.717) is 45.6 Å². The number of hydrogen-bond acceptors (Lipinski definition) is 9. The number of nitrogens with zero attached hydrogens (tertiary/aromatic N) is 10. The normalized spacial score (nSPS) is 17.8. The van der Waals surface area contributed by atoms with Gasteiger partial charge in [0.25, 0.3) is 11.1 Å². The number of fused-ring (bicyclic) bond motifs is 3. The van der Waals surface area contributed by atoms with Crippen molar-refractivity contribution in [2.75, 3.05) is 13.2 Å². The zero-order valence-electron chi connectivity index (χ0n) is 35.3. The number of H-pyrrole nitrogens is 1. The lowest BCUT2D eigenvalue weighted by atomic mass is 9.83. The van der Waals surface area contributed by atoms with Crippen molar-refractivity contribution in [2.45, 2.75) is 76.6 Å². The van der Waals surface area contributed by atoms with E-state index in [1.54, 1.807) is 67.7 Å². The van der Waals surface area contributed by atoms with Gasteiger partial charge in [-0.1, -0.05) is 6.07 Å². The highest BCUT2D eigenvalue weighted by Crippen LogP contribution is 2.40. The minimum absolute atomic E-state index is 0.00184. The zero-order chi connectivity index (χ0) is 44.3. The van der Waals surface area contributed by atoms with E-state index in [-0.39, 0.29) is 58.4 Å². The van der Waals surface area contributed by atoms with Crippen LogP contribution in [0.15, 0.2) is 83.4 Å². The lowest BCUT2D eigenvalue weighted by molar-refractivity contribution is -0.0592. The maximum Gasteiger partial charge on any atom is 0.338 e. The molecule has 8 aromatic rings. The number of ether oxygens (including phenoxy) is 1. The van der Waals surface area contributed by atoms with E-state index in [0.717, 1.165) is 28.7 Å². The summed E-state index contributed by atoms with van der Waals surface area (Å²) in [5.74, 6) is -1.20. The summed E-state index contributed by atoms with van der Waals surface area (Å²) in [6.07, 6.45) is 7.22. The highest BCUT2D eigenvalue weighted by atomic mass is 32.2. The van der Waals surface area contributed by atoms with E-state index in [1.807, 2.05) is 26.0 Å². The van der Waals surface area contributed by atoms with Gasteiger partial charge in [0.2, 0.25) is 0 Å². The topological polar surface area (TPSA) is 173 Å². The van der Waals surface area contributed by atoms with Crippen molar-refractivity contribution < 1.29 is 26.7 Å². The molecule has 0 aliphatic carbocycles. The van der Waals surface area contributed by atoms with Crippen molar-refractivity contribution in [3.63, 3.8) is 0 Å². The van der Waals surface area contributed by atoms with E-state index in [1.165, 1.54) is 38.5 Å². The van der Waals surface area contributed by atoms with Crippen LogP contribution in [0.1, 0.15) is 84.0 Å². The van der Waals surface area contributed by atoms with E-state index in [9.17, 15) is 13.2 Å². The molecule has 0 bridgehead atoms. The number of aromatic nitrogens is 10. The Balaban J connectivity index is 1.12. The largest absolute Gasteiger partial charge is 0.376 e. The van der Waals surface area contributed by atoms with E-state index >= 15 is 13.6 Å². The lowest BCUT2D eigenvalue weighted by Gasteiger charge is -2.35. The third-order valence-electron chi connectivity index (χ3n) is 12.5. The Morgan fingerprint density at radius 2 is 1.73 bits per heavy atom. The molecule has 0 spiro atoms. The molecule has 63 heavy (non-hydrogen) atoms. The quantitative estimate of drug-likeness (QED) is 0.192. The number of halogens is 2. The number of imidazole rings is 1. The number of amides is 1. The third kappa shape index (κ3) is 6.34. The average molecular weight is 876 g/mol. The first-order valence-corrected chi connectivity index (χ1v) is 22.0. The summed E-state index contributed by atoms with van der Waals surface area (Å²) in [6, 6.07) is 12.8. The number of hydrogen-bond donors (Lipinski definition) is 1. The van der Waals surface area contributed by atoms with Crippen molar-refractivity contribution in [1.29, 1.82) is 0 Å². The Bertz CT molecular complexity index is 3320. The van der Waals surface area contributed by atoms with Gasteiger partial charge in [0.15, 0.2) is 5.82 Å². The molecule has 324 valence electrons. The molecule has 0 saturated carbocycles. The van der Waals surface area contributed by atoms with Crippen molar-refractivity contribution in [1.82, 2.24) is 52.7 Å². The van der Waals surface area contributed by atoms with Crippen LogP contribution in [0.4, 0.5) is 8.78 Å². The fraction of sp³-hybridized carbons (Fsp3) is 0.318. The zero-order valence-corrected chi connectivity index (χ0v) is 36.1. The van der Waals surface area contributed by atoms with Crippen LogP contribution in [-0.2, 0) is 28.2 Å². The molecule has 1 N–H and O–H groups in total. The molecule has 1 saturated heterocycles. The van der Waals surface area contributed by atoms with Crippen LogP contribution in [-0.4, -0.2) is 85.8 Å². The summed E-state index contributed by atoms with van der Waals surface area (Å²) in [4.78, 5) is 35.2. The van der Waals surface area contributed by atoms with Gasteiger partial charge < -0.3 is 9.64 Å². The maximum absolute atomic E-state index is 16.1. The van der Waals surface area contributed by atoms with Gasteiger partial charge in [0.1, 0.15) is 23.7 Å². The number of aromatic amines is 1. The molecule has 0 radical (unpaired) electrons. The molecule has 7 heterocycles. The second-order valence-electron chi connectivity index (χ2n) is 17.0. The van der Waals surface area contributed by atoms with E-state index < -0.39 is 38.6 Å². The molecule has 19 heteroatoms. The molecule has 10 rings (SSSR count). The first-order chi connectivity index (χ1) is 30.0. The molecule has 2 aliphatic rings. The summed E-state index contributed by atoms with van der Waals surface area (Å²) < 4.78 is 72.5. The fourth-order valence-electron chi connectivity index (χ4n) is 9.42. The molecular formula is C44H43F2N11O5S. The van der Waals surface area contributed by atoms with Gasteiger partial charge >= 0.3 is 15.7 Å². The average Bonchev–Trinajstić information content (AvgIpc) is 4.10. The summed E-state index contributed by atoms with van der Waals surface area (Å²) in [6.45, 7) is 9.88. The fourth-order valence-corrected chi connectivity index (χ4v) is 10.8. The Morgan fingerprint density at radius 1 is 0.984 bits per heavy atom. The standard InChI is InChI=1S/C44H43F2N11O5S/c1-24-17-30(18-25(2)38(24)45)56-40(55-15-14-54(43(55)59)35-10-9-34-31(39(35)46)22-49-52(34)6)37-26(3)53(13-11-32(37)51-56)41(58)36-20-29-19-27(28-12-16-62-44(4,5)21-28)7-8-33(29)57(36)63(60,61)42-47-23-48-50-42/h7-10,14-15,17-20,22-23,26,28H,11-13,16,21H2,1-6H3,(H,47,48,50)/t26-,28?/m0/s1. The number of carbonyl (C=O) groups is 1. The van der Waals surface area contributed by atoms with Crippen LogP contribution in [0.3, 0.4) is 0 Å². The van der Waals surface area contributed by atoms with Gasteiger partial charge in [0, 0.05) is 50.0 Å². The number of nitrogens with one attached hydrogen (secondary N) is 1. The Morgan fingerprint density at radius 3 is 2.46 bits per heavy atom. The van der Waals surface area contributed by atoms with Crippen molar-refractivity contribution >= 4 is 37.7 Å². The van der Waals surface area contributed by atoms with Crippen LogP contribution in [0.2, 0.25) is 0 Å². The summed E-state index contributed by atoms with van der Waals surface area (Å²) in [7, 11) is -2.78. The molecule has 2 aliphatic heterocycles. The maximum atomic E-state index is 16.1. The number of rotatable bonds is 7. The second-order valence-corrected chi connectivity index (χ2v) is 18.7. The minimum atomic E-state index is -4.48. The van der Waals surface area contributed by atoms with Crippen LogP contribution in [0, 0.1) is 25.5 Å². The van der Waals surface area contributed by atoms with Crippen LogP contribution in [0.5, 0.6) is 0 Å². The first kappa shape index (κ1) is 40.3. The molecule has 3 aromatic carbocycles. The molecule has 1 unspecified atom stereocenters. The second kappa shape index (κ2) is 14.4. The van der Waals surface area contributed by atoms with Gasteiger partial charge in [-0.05, 0) is 113 Å². The Labute approximate surface area is 359 Å². The molecule has 16 nitrogen and oxygen atoms in total.